The molecule has 138 valence electrons. The van der Waals surface area contributed by atoms with Gasteiger partial charge in [-0.25, -0.2) is 4.79 Å². The Kier molecular flexibility index (Phi) is 7.57. The Balaban J connectivity index is 1.59. The molecule has 1 aromatic rings. The van der Waals surface area contributed by atoms with E-state index in [9.17, 15) is 9.59 Å². The molecule has 0 unspecified atom stereocenters. The highest BCUT2D eigenvalue weighted by atomic mass is 16.6. The van der Waals surface area contributed by atoms with Gasteiger partial charge in [0.05, 0.1) is 13.2 Å². The zero-order valence-corrected chi connectivity index (χ0v) is 15.1. The first-order valence-corrected chi connectivity index (χ1v) is 8.99. The second-order valence-corrected chi connectivity index (χ2v) is 6.30. The number of nitrogens with one attached hydrogen (secondary N) is 1. The first kappa shape index (κ1) is 19.1. The van der Waals surface area contributed by atoms with Crippen molar-refractivity contribution in [3.05, 3.63) is 29.8 Å². The fraction of sp³-hybridized carbons (Fsp3) is 0.579. The minimum Gasteiger partial charge on any atom is -0.494 e. The van der Waals surface area contributed by atoms with Crippen molar-refractivity contribution >= 4 is 12.0 Å². The van der Waals surface area contributed by atoms with Crippen molar-refractivity contribution < 1.29 is 19.1 Å². The van der Waals surface area contributed by atoms with Crippen LogP contribution in [0.4, 0.5) is 4.79 Å². The predicted molar refractivity (Wildman–Crippen MR) is 95.7 cm³/mol. The fourth-order valence-corrected chi connectivity index (χ4v) is 2.85. The molecule has 0 saturated carbocycles. The first-order chi connectivity index (χ1) is 12.1. The maximum atomic E-state index is 12.0. The molecule has 1 aromatic carbocycles. The van der Waals surface area contributed by atoms with E-state index in [4.69, 9.17) is 9.47 Å². The third-order valence-electron chi connectivity index (χ3n) is 4.19. The Morgan fingerprint density at radius 1 is 1.28 bits per heavy atom. The number of hydrogen-bond donors (Lipinski definition) is 1. The molecule has 1 saturated heterocycles. The summed E-state index contributed by atoms with van der Waals surface area (Å²) < 4.78 is 10.6. The molecule has 1 N–H and O–H groups in total. The molecule has 1 aliphatic heterocycles. The Hall–Kier alpha value is -2.24. The maximum Gasteiger partial charge on any atom is 0.409 e. The SMILES string of the molecule is CCOC(=O)N1CCC(NC(=O)CCCOc2cccc(C)c2)CC1. The number of amides is 2. The van der Waals surface area contributed by atoms with Crippen LogP contribution in [0.2, 0.25) is 0 Å². The highest BCUT2D eigenvalue weighted by Crippen LogP contribution is 2.14. The molecule has 0 atom stereocenters. The highest BCUT2D eigenvalue weighted by Gasteiger charge is 2.24. The zero-order chi connectivity index (χ0) is 18.1. The van der Waals surface area contributed by atoms with Crippen LogP contribution in [-0.2, 0) is 9.53 Å². The van der Waals surface area contributed by atoms with Crippen molar-refractivity contribution in [2.24, 2.45) is 0 Å². The molecular weight excluding hydrogens is 320 g/mol. The summed E-state index contributed by atoms with van der Waals surface area (Å²) in [7, 11) is 0. The number of ether oxygens (including phenoxy) is 2. The Labute approximate surface area is 149 Å². The quantitative estimate of drug-likeness (QED) is 0.770. The average molecular weight is 348 g/mol. The summed E-state index contributed by atoms with van der Waals surface area (Å²) in [5.74, 6) is 0.883. The third kappa shape index (κ3) is 6.64. The van der Waals surface area contributed by atoms with E-state index >= 15 is 0 Å². The second kappa shape index (κ2) is 9.91. The molecule has 6 heteroatoms. The summed E-state index contributed by atoms with van der Waals surface area (Å²) in [6.07, 6.45) is 2.40. The van der Waals surface area contributed by atoms with Crippen LogP contribution in [0, 0.1) is 6.92 Å². The average Bonchev–Trinajstić information content (AvgIpc) is 2.60. The Morgan fingerprint density at radius 3 is 2.72 bits per heavy atom. The van der Waals surface area contributed by atoms with Gasteiger partial charge in [-0.2, -0.15) is 0 Å². The molecule has 6 nitrogen and oxygen atoms in total. The summed E-state index contributed by atoms with van der Waals surface area (Å²) >= 11 is 0. The summed E-state index contributed by atoms with van der Waals surface area (Å²) in [5.41, 5.74) is 1.16. The van der Waals surface area contributed by atoms with Crippen molar-refractivity contribution in [3.63, 3.8) is 0 Å². The Morgan fingerprint density at radius 2 is 2.04 bits per heavy atom. The summed E-state index contributed by atoms with van der Waals surface area (Å²) in [6.45, 7) is 5.99. The van der Waals surface area contributed by atoms with Gasteiger partial charge in [0, 0.05) is 25.6 Å². The largest absolute Gasteiger partial charge is 0.494 e. The highest BCUT2D eigenvalue weighted by molar-refractivity contribution is 5.76. The van der Waals surface area contributed by atoms with Crippen LogP contribution in [0.15, 0.2) is 24.3 Å². The van der Waals surface area contributed by atoms with Gasteiger partial charge in [-0.3, -0.25) is 4.79 Å². The molecule has 0 bridgehead atoms. The summed E-state index contributed by atoms with van der Waals surface area (Å²) in [4.78, 5) is 25.4. The van der Waals surface area contributed by atoms with Gasteiger partial charge in [-0.05, 0) is 50.8 Å². The molecule has 25 heavy (non-hydrogen) atoms. The molecule has 1 aliphatic rings. The van der Waals surface area contributed by atoms with Crippen LogP contribution in [-0.4, -0.2) is 49.2 Å². The van der Waals surface area contributed by atoms with Gasteiger partial charge >= 0.3 is 6.09 Å². The van der Waals surface area contributed by atoms with Crippen LogP contribution in [0.3, 0.4) is 0 Å². The number of carbonyl (C=O) groups is 2. The van der Waals surface area contributed by atoms with Gasteiger partial charge in [-0.15, -0.1) is 0 Å². The molecule has 0 aromatic heterocycles. The number of likely N-dealkylation sites (tertiary alicyclic amines) is 1. The maximum absolute atomic E-state index is 12.0. The van der Waals surface area contributed by atoms with Crippen molar-refractivity contribution in [3.8, 4) is 5.75 Å². The van der Waals surface area contributed by atoms with E-state index < -0.39 is 0 Å². The Bertz CT molecular complexity index is 568. The van der Waals surface area contributed by atoms with E-state index in [0.29, 0.717) is 39.1 Å². The third-order valence-corrected chi connectivity index (χ3v) is 4.19. The van der Waals surface area contributed by atoms with Crippen LogP contribution in [0.5, 0.6) is 5.75 Å². The van der Waals surface area contributed by atoms with E-state index in [1.807, 2.05) is 31.2 Å². The lowest BCUT2D eigenvalue weighted by Crippen LogP contribution is -2.46. The molecule has 0 spiro atoms. The lowest BCUT2D eigenvalue weighted by molar-refractivity contribution is -0.122. The standard InChI is InChI=1S/C19H28N2O4/c1-3-24-19(23)21-11-9-16(10-12-21)20-18(22)8-5-13-25-17-7-4-6-15(2)14-17/h4,6-7,14,16H,3,5,8-13H2,1-2H3,(H,20,22). The summed E-state index contributed by atoms with van der Waals surface area (Å²) in [6, 6.07) is 8.02. The van der Waals surface area contributed by atoms with Crippen molar-refractivity contribution in [2.75, 3.05) is 26.3 Å². The minimum absolute atomic E-state index is 0.0439. The smallest absolute Gasteiger partial charge is 0.409 e. The van der Waals surface area contributed by atoms with Crippen LogP contribution < -0.4 is 10.1 Å². The first-order valence-electron chi connectivity index (χ1n) is 8.99. The van der Waals surface area contributed by atoms with Crippen LogP contribution in [0.25, 0.3) is 0 Å². The number of aryl methyl sites for hydroxylation is 1. The van der Waals surface area contributed by atoms with Crippen molar-refractivity contribution in [2.45, 2.75) is 45.6 Å². The molecule has 0 radical (unpaired) electrons. The fourth-order valence-electron chi connectivity index (χ4n) is 2.85. The monoisotopic (exact) mass is 348 g/mol. The lowest BCUT2D eigenvalue weighted by Gasteiger charge is -2.31. The van der Waals surface area contributed by atoms with Crippen molar-refractivity contribution in [1.29, 1.82) is 0 Å². The number of carbonyl (C=O) groups excluding carboxylic acids is 2. The number of benzene rings is 1. The van der Waals surface area contributed by atoms with Gasteiger partial charge < -0.3 is 19.7 Å². The molecule has 1 fully saturated rings. The molecule has 2 amide bonds. The van der Waals surface area contributed by atoms with E-state index in [0.717, 1.165) is 24.2 Å². The number of rotatable bonds is 7. The molecule has 1 heterocycles. The number of piperidine rings is 1. The normalized spacial score (nSPS) is 14.9. The van der Waals surface area contributed by atoms with Gasteiger partial charge in [-0.1, -0.05) is 12.1 Å². The van der Waals surface area contributed by atoms with Gasteiger partial charge in [0.2, 0.25) is 5.91 Å². The van der Waals surface area contributed by atoms with E-state index in [-0.39, 0.29) is 18.0 Å². The van der Waals surface area contributed by atoms with Gasteiger partial charge in [0.25, 0.3) is 0 Å². The van der Waals surface area contributed by atoms with Gasteiger partial charge in [0.1, 0.15) is 5.75 Å². The van der Waals surface area contributed by atoms with Crippen LogP contribution >= 0.6 is 0 Å². The van der Waals surface area contributed by atoms with Crippen LogP contribution in [0.1, 0.15) is 38.2 Å². The van der Waals surface area contributed by atoms with E-state index in [1.165, 1.54) is 0 Å². The number of nitrogens with zero attached hydrogens (tertiary/aromatic N) is 1. The zero-order valence-electron chi connectivity index (χ0n) is 15.1. The number of hydrogen-bond acceptors (Lipinski definition) is 4. The van der Waals surface area contributed by atoms with Gasteiger partial charge in [0.15, 0.2) is 0 Å². The predicted octanol–water partition coefficient (Wildman–Crippen LogP) is 2.89. The topological polar surface area (TPSA) is 67.9 Å². The summed E-state index contributed by atoms with van der Waals surface area (Å²) in [5, 5.41) is 3.04. The van der Waals surface area contributed by atoms with Crippen molar-refractivity contribution in [1.82, 2.24) is 10.2 Å². The molecular formula is C19H28N2O4. The van der Waals surface area contributed by atoms with E-state index in [1.54, 1.807) is 11.8 Å². The van der Waals surface area contributed by atoms with E-state index in [2.05, 4.69) is 5.32 Å². The minimum atomic E-state index is -0.263. The lowest BCUT2D eigenvalue weighted by atomic mass is 10.1. The molecule has 2 rings (SSSR count). The molecule has 0 aliphatic carbocycles. The second-order valence-electron chi connectivity index (χ2n) is 6.30.